The summed E-state index contributed by atoms with van der Waals surface area (Å²) in [7, 11) is 0. The van der Waals surface area contributed by atoms with Crippen molar-refractivity contribution < 1.29 is 40.2 Å². The van der Waals surface area contributed by atoms with Gasteiger partial charge in [0.2, 0.25) is 5.91 Å². The zero-order chi connectivity index (χ0) is 15.9. The summed E-state index contributed by atoms with van der Waals surface area (Å²) in [5.74, 6) is -2.38. The molecule has 8 N–H and O–H groups in total. The number of carboxylic acids is 1. The molecule has 0 bridgehead atoms. The normalized spacial score (nSPS) is 19.2. The van der Waals surface area contributed by atoms with Crippen LogP contribution in [0.5, 0.6) is 0 Å². The quantitative estimate of drug-likeness (QED) is 0.208. The summed E-state index contributed by atoms with van der Waals surface area (Å²) in [6.45, 7) is -0.846. The van der Waals surface area contributed by atoms with E-state index >= 15 is 0 Å². The molecule has 0 aliphatic carbocycles. The molecule has 0 saturated carbocycles. The Morgan fingerprint density at radius 3 is 2.10 bits per heavy atom. The van der Waals surface area contributed by atoms with Crippen molar-refractivity contribution >= 4 is 18.1 Å². The molecular formula is C10H18N2O8. The van der Waals surface area contributed by atoms with Crippen molar-refractivity contribution in [3.8, 4) is 0 Å². The van der Waals surface area contributed by atoms with Crippen molar-refractivity contribution in [1.29, 1.82) is 0 Å². The van der Waals surface area contributed by atoms with Gasteiger partial charge in [-0.3, -0.25) is 9.79 Å². The van der Waals surface area contributed by atoms with Crippen LogP contribution >= 0.6 is 0 Å². The number of carboxylic acid groups (broad SMARTS) is 1. The van der Waals surface area contributed by atoms with Crippen LogP contribution in [-0.2, 0) is 9.59 Å². The van der Waals surface area contributed by atoms with E-state index in [2.05, 4.69) is 4.99 Å². The Kier molecular flexibility index (Phi) is 7.87. The number of aliphatic carboxylic acids is 1. The Balaban J connectivity index is 4.69. The van der Waals surface area contributed by atoms with Crippen molar-refractivity contribution in [2.45, 2.75) is 36.9 Å². The lowest BCUT2D eigenvalue weighted by molar-refractivity contribution is -0.140. The molecule has 10 heteroatoms. The predicted molar refractivity (Wildman–Crippen MR) is 64.8 cm³/mol. The molecule has 0 saturated heterocycles. The van der Waals surface area contributed by atoms with Gasteiger partial charge in [0.1, 0.15) is 24.4 Å². The molecule has 0 spiro atoms. The summed E-state index contributed by atoms with van der Waals surface area (Å²) >= 11 is 0. The maximum Gasteiger partial charge on any atom is 0.328 e. The fraction of sp³-hybridized carbons (Fsp3) is 0.700. The number of carbonyl (C=O) groups is 2. The second kappa shape index (κ2) is 8.55. The Labute approximate surface area is 113 Å². The highest BCUT2D eigenvalue weighted by Crippen LogP contribution is 2.05. The summed E-state index contributed by atoms with van der Waals surface area (Å²) in [5.41, 5.74) is 4.81. The molecule has 0 aromatic carbocycles. The molecule has 0 fully saturated rings. The van der Waals surface area contributed by atoms with E-state index in [4.69, 9.17) is 21.1 Å². The van der Waals surface area contributed by atoms with Crippen LogP contribution < -0.4 is 5.73 Å². The average molecular weight is 294 g/mol. The zero-order valence-electron chi connectivity index (χ0n) is 10.4. The van der Waals surface area contributed by atoms with Crippen molar-refractivity contribution in [2.75, 3.05) is 6.61 Å². The molecule has 0 aliphatic rings. The van der Waals surface area contributed by atoms with Gasteiger partial charge in [-0.15, -0.1) is 0 Å². The number of rotatable bonds is 9. The number of nitrogens with zero attached hydrogens (tertiary/aromatic N) is 1. The fourth-order valence-corrected chi connectivity index (χ4v) is 1.21. The van der Waals surface area contributed by atoms with Crippen LogP contribution in [0.4, 0.5) is 0 Å². The molecule has 20 heavy (non-hydrogen) atoms. The Bertz CT molecular complexity index is 361. The highest BCUT2D eigenvalue weighted by molar-refractivity contribution is 5.84. The SMILES string of the molecule is NC(=O)CC(/N=C/[C@H](O)C(O)C(O)C(O)CO)C(=O)O. The molecule has 0 aromatic rings. The number of nitrogens with two attached hydrogens (primary N) is 1. The molecule has 10 nitrogen and oxygen atoms in total. The van der Waals surface area contributed by atoms with Gasteiger partial charge in [0.25, 0.3) is 0 Å². The average Bonchev–Trinajstić information content (AvgIpc) is 2.39. The van der Waals surface area contributed by atoms with Gasteiger partial charge in [0.15, 0.2) is 6.04 Å². The van der Waals surface area contributed by atoms with E-state index in [1.54, 1.807) is 0 Å². The molecule has 0 rings (SSSR count). The number of aliphatic hydroxyl groups excluding tert-OH is 5. The van der Waals surface area contributed by atoms with E-state index in [-0.39, 0.29) is 0 Å². The minimum atomic E-state index is -1.90. The first-order chi connectivity index (χ1) is 9.20. The van der Waals surface area contributed by atoms with E-state index in [9.17, 15) is 24.9 Å². The van der Waals surface area contributed by atoms with Crippen molar-refractivity contribution in [1.82, 2.24) is 0 Å². The zero-order valence-corrected chi connectivity index (χ0v) is 10.4. The van der Waals surface area contributed by atoms with Gasteiger partial charge >= 0.3 is 5.97 Å². The number of carbonyl (C=O) groups excluding carboxylic acids is 1. The molecule has 0 aromatic heterocycles. The highest BCUT2D eigenvalue weighted by Gasteiger charge is 2.29. The molecule has 5 atom stereocenters. The second-order valence-corrected chi connectivity index (χ2v) is 4.04. The summed E-state index contributed by atoms with van der Waals surface area (Å²) in [6, 6.07) is -1.53. The minimum absolute atomic E-state index is 0.601. The fourth-order valence-electron chi connectivity index (χ4n) is 1.21. The Hall–Kier alpha value is -1.59. The second-order valence-electron chi connectivity index (χ2n) is 4.04. The number of hydrogen-bond donors (Lipinski definition) is 7. The van der Waals surface area contributed by atoms with Crippen LogP contribution in [0.3, 0.4) is 0 Å². The lowest BCUT2D eigenvalue weighted by atomic mass is 10.0. The molecule has 0 aliphatic heterocycles. The van der Waals surface area contributed by atoms with Crippen LogP contribution in [-0.4, -0.2) is 85.8 Å². The van der Waals surface area contributed by atoms with Crippen molar-refractivity contribution in [2.24, 2.45) is 10.7 Å². The Morgan fingerprint density at radius 1 is 1.15 bits per heavy atom. The van der Waals surface area contributed by atoms with Crippen molar-refractivity contribution in [3.63, 3.8) is 0 Å². The number of hydrogen-bond acceptors (Lipinski definition) is 8. The summed E-state index contributed by atoms with van der Waals surface area (Å²) < 4.78 is 0. The lowest BCUT2D eigenvalue weighted by Crippen LogP contribution is -2.46. The number of aliphatic hydroxyl groups is 5. The highest BCUT2D eigenvalue weighted by atomic mass is 16.4. The molecule has 1 amide bonds. The smallest absolute Gasteiger partial charge is 0.328 e. The summed E-state index contributed by atoms with van der Waals surface area (Å²) in [4.78, 5) is 24.7. The summed E-state index contributed by atoms with van der Waals surface area (Å²) in [5, 5.41) is 54.5. The van der Waals surface area contributed by atoms with Gasteiger partial charge in [-0.05, 0) is 0 Å². The van der Waals surface area contributed by atoms with Gasteiger partial charge < -0.3 is 36.4 Å². The number of amides is 1. The summed E-state index contributed by atoms with van der Waals surface area (Å²) in [6.07, 6.45) is -7.24. The first-order valence-electron chi connectivity index (χ1n) is 5.58. The lowest BCUT2D eigenvalue weighted by Gasteiger charge is -2.23. The van der Waals surface area contributed by atoms with Crippen LogP contribution in [0.1, 0.15) is 6.42 Å². The van der Waals surface area contributed by atoms with Gasteiger partial charge in [0, 0.05) is 6.21 Å². The monoisotopic (exact) mass is 294 g/mol. The molecule has 0 radical (unpaired) electrons. The van der Waals surface area contributed by atoms with Crippen molar-refractivity contribution in [3.05, 3.63) is 0 Å². The van der Waals surface area contributed by atoms with Gasteiger partial charge in [-0.25, -0.2) is 4.79 Å². The third-order valence-electron chi connectivity index (χ3n) is 2.38. The molecular weight excluding hydrogens is 276 g/mol. The number of aliphatic imine (C=N–C) groups is 1. The molecule has 0 heterocycles. The maximum atomic E-state index is 10.7. The molecule has 4 unspecified atom stereocenters. The van der Waals surface area contributed by atoms with E-state index in [1.807, 2.05) is 0 Å². The van der Waals surface area contributed by atoms with E-state index < -0.39 is 55.4 Å². The minimum Gasteiger partial charge on any atom is -0.480 e. The van der Waals surface area contributed by atoms with Gasteiger partial charge in [-0.2, -0.15) is 0 Å². The third-order valence-corrected chi connectivity index (χ3v) is 2.38. The topological polar surface area (TPSA) is 194 Å². The first kappa shape index (κ1) is 18.4. The maximum absolute atomic E-state index is 10.7. The largest absolute Gasteiger partial charge is 0.480 e. The molecule has 116 valence electrons. The predicted octanol–water partition coefficient (Wildman–Crippen LogP) is -4.18. The van der Waals surface area contributed by atoms with Crippen LogP contribution in [0, 0.1) is 0 Å². The van der Waals surface area contributed by atoms with Gasteiger partial charge in [0.05, 0.1) is 13.0 Å². The van der Waals surface area contributed by atoms with Crippen LogP contribution in [0.15, 0.2) is 4.99 Å². The number of primary amides is 1. The van der Waals surface area contributed by atoms with Crippen LogP contribution in [0.2, 0.25) is 0 Å². The van der Waals surface area contributed by atoms with Gasteiger partial charge in [-0.1, -0.05) is 0 Å². The third kappa shape index (κ3) is 6.04. The standard InChI is InChI=1S/C10H18N2O8/c11-7(16)1-4(10(19)20)12-2-5(14)8(17)9(18)6(15)3-13/h2,4-6,8-9,13-15,17-18H,1,3H2,(H2,11,16)(H,19,20)/b12-2+/t4?,5-,6?,8?,9?/m0/s1. The first-order valence-corrected chi connectivity index (χ1v) is 5.58. The van der Waals surface area contributed by atoms with Crippen LogP contribution in [0.25, 0.3) is 0 Å². The van der Waals surface area contributed by atoms with E-state index in [0.29, 0.717) is 6.21 Å². The van der Waals surface area contributed by atoms with E-state index in [1.165, 1.54) is 0 Å². The Morgan fingerprint density at radius 2 is 1.70 bits per heavy atom. The van der Waals surface area contributed by atoms with E-state index in [0.717, 1.165) is 0 Å².